The van der Waals surface area contributed by atoms with Crippen LogP contribution in [0.25, 0.3) is 22.3 Å². The van der Waals surface area contributed by atoms with Gasteiger partial charge in [-0.2, -0.15) is 0 Å². The van der Waals surface area contributed by atoms with Gasteiger partial charge in [-0.3, -0.25) is 13.9 Å². The van der Waals surface area contributed by atoms with Crippen LogP contribution in [0.1, 0.15) is 25.1 Å². The van der Waals surface area contributed by atoms with Crippen LogP contribution in [0.3, 0.4) is 0 Å². The van der Waals surface area contributed by atoms with Crippen molar-refractivity contribution in [3.8, 4) is 0 Å². The van der Waals surface area contributed by atoms with Gasteiger partial charge in [0, 0.05) is 0 Å². The molecule has 0 radical (unpaired) electrons. The molecule has 3 aliphatic rings. The second kappa shape index (κ2) is 9.88. The van der Waals surface area contributed by atoms with Gasteiger partial charge in [0.15, 0.2) is 28.9 Å². The number of rotatable bonds is 2. The van der Waals surface area contributed by atoms with Crippen molar-refractivity contribution in [2.24, 2.45) is 0 Å². The molecule has 3 fully saturated rings. The van der Waals surface area contributed by atoms with E-state index >= 15 is 0 Å². The van der Waals surface area contributed by atoms with Gasteiger partial charge in [0.2, 0.25) is 0 Å². The topological polar surface area (TPSA) is 248 Å². The van der Waals surface area contributed by atoms with Crippen LogP contribution in [0.2, 0.25) is 0 Å². The van der Waals surface area contributed by atoms with Gasteiger partial charge in [0.05, 0.1) is 43.4 Å². The molecule has 18 nitrogen and oxygen atoms in total. The third-order valence-corrected chi connectivity index (χ3v) is 9.19. The van der Waals surface area contributed by atoms with E-state index in [9.17, 15) is 24.5 Å². The Morgan fingerprint density at radius 1 is 0.976 bits per heavy atom. The molecule has 4 aromatic rings. The van der Waals surface area contributed by atoms with Gasteiger partial charge in [-0.1, -0.05) is 0 Å². The second-order valence-electron chi connectivity index (χ2n) is 10.2. The fourth-order valence-electron chi connectivity index (χ4n) is 5.81. The molecule has 0 amide bonds. The summed E-state index contributed by atoms with van der Waals surface area (Å²) in [6, 6.07) is -0.731. The van der Waals surface area contributed by atoms with Crippen LogP contribution >= 0.6 is 7.60 Å². The zero-order valence-corrected chi connectivity index (χ0v) is 22.1. The summed E-state index contributed by atoms with van der Waals surface area (Å²) in [7, 11) is -4.34. The van der Waals surface area contributed by atoms with Crippen LogP contribution in [0.15, 0.2) is 30.1 Å². The van der Waals surface area contributed by atoms with Crippen LogP contribution in [-0.2, 0) is 23.3 Å². The predicted molar refractivity (Wildman–Crippen MR) is 136 cm³/mol. The molecule has 2 bridgehead atoms. The number of nitrogen functional groups attached to an aromatic ring is 1. The van der Waals surface area contributed by atoms with Crippen LogP contribution in [-0.4, -0.2) is 104 Å². The molecule has 9 atom stereocenters. The Bertz CT molecular complexity index is 1710. The summed E-state index contributed by atoms with van der Waals surface area (Å²) in [6.07, 6.45) is -2.41. The second-order valence-corrected chi connectivity index (χ2v) is 12.1. The Kier molecular flexibility index (Phi) is 6.40. The maximum absolute atomic E-state index is 13.3. The number of aliphatic hydroxyl groups is 2. The molecule has 19 heteroatoms. The van der Waals surface area contributed by atoms with Gasteiger partial charge < -0.3 is 49.1 Å². The number of hydrogen-bond donors (Lipinski definition) is 5. The fraction of sp³-hybridized carbons (Fsp3) is 0.545. The highest BCUT2D eigenvalue weighted by atomic mass is 31.2. The lowest BCUT2D eigenvalue weighted by atomic mass is 10.1. The smallest absolute Gasteiger partial charge is 0.328 e. The zero-order chi connectivity index (χ0) is 28.5. The molecule has 4 aromatic heterocycles. The Labute approximate surface area is 229 Å². The molecule has 0 aromatic carbocycles. The van der Waals surface area contributed by atoms with Crippen molar-refractivity contribution >= 4 is 35.7 Å². The molecule has 0 spiro atoms. The predicted octanol–water partition coefficient (Wildman–Crippen LogP) is -1.19. The lowest BCUT2D eigenvalue weighted by Gasteiger charge is -2.28. The number of aromatic nitrogens is 8. The SMILES string of the molecule is Nc1ncnc2c1ncn2C1OC2CCP(=O)(O)OC3C(O)C(CC3n3cnc4c(=O)[nH]cnc43)OCOC2C1O. The Balaban J connectivity index is 1.16. The molecule has 6 heterocycles. The van der Waals surface area contributed by atoms with Crippen LogP contribution in [0.4, 0.5) is 5.82 Å². The van der Waals surface area contributed by atoms with Gasteiger partial charge in [0.25, 0.3) is 5.56 Å². The van der Waals surface area contributed by atoms with E-state index in [1.165, 1.54) is 34.4 Å². The first-order chi connectivity index (χ1) is 19.7. The molecule has 9 unspecified atom stereocenters. The standard InChI is InChI=1S/C22H26N9O9P/c23-18-12-19(25-4-24-18)31(7-28-12)22-15(33)17-10(39-22)1-2-41(35,36)40-16-9(3-11(14(16)32)37-8-38-17)30-6-29-13-20(30)26-5-27-21(13)34/h4-7,9-11,14-17,22,32-33H,1-3,8H2,(H,35,36)(H2,23,24,25)(H,26,27,34). The Morgan fingerprint density at radius 3 is 2.61 bits per heavy atom. The van der Waals surface area contributed by atoms with Gasteiger partial charge in [0.1, 0.15) is 43.1 Å². The quantitative estimate of drug-likeness (QED) is 0.172. The number of nitrogens with two attached hydrogens (primary N) is 1. The van der Waals surface area contributed by atoms with E-state index in [4.69, 9.17) is 24.5 Å². The first kappa shape index (κ1) is 26.5. The third-order valence-electron chi connectivity index (χ3n) is 7.79. The average molecular weight is 591 g/mol. The zero-order valence-electron chi connectivity index (χ0n) is 21.2. The maximum Gasteiger partial charge on any atom is 0.328 e. The van der Waals surface area contributed by atoms with Crippen molar-refractivity contribution in [1.29, 1.82) is 0 Å². The van der Waals surface area contributed by atoms with Crippen LogP contribution < -0.4 is 11.3 Å². The van der Waals surface area contributed by atoms with Crippen molar-refractivity contribution in [3.63, 3.8) is 0 Å². The normalized spacial score (nSPS) is 36.3. The van der Waals surface area contributed by atoms with Crippen molar-refractivity contribution in [3.05, 3.63) is 35.7 Å². The average Bonchev–Trinajstić information content (AvgIpc) is 3.69. The van der Waals surface area contributed by atoms with E-state index in [1.54, 1.807) is 0 Å². The third kappa shape index (κ3) is 4.43. The van der Waals surface area contributed by atoms with E-state index in [0.29, 0.717) is 11.2 Å². The molecule has 41 heavy (non-hydrogen) atoms. The van der Waals surface area contributed by atoms with E-state index < -0.39 is 62.0 Å². The first-order valence-electron chi connectivity index (χ1n) is 12.8. The van der Waals surface area contributed by atoms with E-state index in [2.05, 4.69) is 29.9 Å². The molecule has 6 N–H and O–H groups in total. The minimum Gasteiger partial charge on any atom is -0.388 e. The highest BCUT2D eigenvalue weighted by molar-refractivity contribution is 7.52. The van der Waals surface area contributed by atoms with Crippen LogP contribution in [0.5, 0.6) is 0 Å². The van der Waals surface area contributed by atoms with Gasteiger partial charge >= 0.3 is 7.60 Å². The lowest BCUT2D eigenvalue weighted by Crippen LogP contribution is -2.39. The van der Waals surface area contributed by atoms with Gasteiger partial charge in [-0.05, 0) is 12.8 Å². The molecule has 218 valence electrons. The summed E-state index contributed by atoms with van der Waals surface area (Å²) in [5, 5.41) is 22.3. The molecular formula is C22H26N9O9P. The fourth-order valence-corrected chi connectivity index (χ4v) is 7.14. The minimum absolute atomic E-state index is 0.0302. The Hall–Kier alpha value is -3.35. The number of imidazole rings is 2. The number of hydrogen-bond acceptors (Lipinski definition) is 14. The minimum atomic E-state index is -4.34. The van der Waals surface area contributed by atoms with Crippen molar-refractivity contribution < 1.29 is 38.4 Å². The summed E-state index contributed by atoms with van der Waals surface area (Å²) in [6.45, 7) is -0.325. The number of anilines is 1. The molecule has 1 saturated carbocycles. The van der Waals surface area contributed by atoms with Crippen molar-refractivity contribution in [2.45, 2.75) is 61.7 Å². The summed E-state index contributed by atoms with van der Waals surface area (Å²) in [5.74, 6) is 0.161. The van der Waals surface area contributed by atoms with Gasteiger partial charge in [-0.25, -0.2) is 24.9 Å². The van der Waals surface area contributed by atoms with Gasteiger partial charge in [-0.15, -0.1) is 0 Å². The summed E-state index contributed by atoms with van der Waals surface area (Å²) in [4.78, 5) is 46.1. The van der Waals surface area contributed by atoms with E-state index in [-0.39, 0.29) is 42.8 Å². The first-order valence-corrected chi connectivity index (χ1v) is 14.6. The highest BCUT2D eigenvalue weighted by Crippen LogP contribution is 2.51. The lowest BCUT2D eigenvalue weighted by molar-refractivity contribution is -0.164. The molecule has 7 rings (SSSR count). The molecule has 2 saturated heterocycles. The number of aliphatic hydroxyl groups excluding tert-OH is 2. The van der Waals surface area contributed by atoms with Crippen LogP contribution in [0, 0.1) is 0 Å². The number of ether oxygens (including phenoxy) is 3. The maximum atomic E-state index is 13.3. The number of H-pyrrole nitrogens is 1. The van der Waals surface area contributed by atoms with Crippen molar-refractivity contribution in [2.75, 3.05) is 18.7 Å². The highest BCUT2D eigenvalue weighted by Gasteiger charge is 2.51. The number of aromatic amines is 1. The van der Waals surface area contributed by atoms with Crippen molar-refractivity contribution in [1.82, 2.24) is 39.0 Å². The summed E-state index contributed by atoms with van der Waals surface area (Å²) >= 11 is 0. The summed E-state index contributed by atoms with van der Waals surface area (Å²) in [5.41, 5.74) is 6.40. The molecular weight excluding hydrogens is 565 g/mol. The summed E-state index contributed by atoms with van der Waals surface area (Å²) < 4.78 is 39.9. The van der Waals surface area contributed by atoms with E-state index in [0.717, 1.165) is 0 Å². The number of nitrogens with one attached hydrogen (secondary N) is 1. The number of nitrogens with zero attached hydrogens (tertiary/aromatic N) is 7. The largest absolute Gasteiger partial charge is 0.388 e. The molecule has 1 aliphatic carbocycles. The molecule has 2 aliphatic heterocycles. The Morgan fingerprint density at radius 2 is 1.76 bits per heavy atom. The monoisotopic (exact) mass is 591 g/mol. The van der Waals surface area contributed by atoms with E-state index in [1.807, 2.05) is 0 Å². The number of fused-ring (bicyclic) bond motifs is 5.